The van der Waals surface area contributed by atoms with E-state index in [1.807, 2.05) is 4.90 Å². The quantitative estimate of drug-likeness (QED) is 0.679. The van der Waals surface area contributed by atoms with Crippen molar-refractivity contribution in [2.24, 2.45) is 0 Å². The highest BCUT2D eigenvalue weighted by atomic mass is 79.9. The molecule has 2 heterocycles. The van der Waals surface area contributed by atoms with E-state index in [2.05, 4.69) is 20.7 Å². The van der Waals surface area contributed by atoms with E-state index in [9.17, 15) is 13.2 Å². The number of benzene rings is 1. The summed E-state index contributed by atoms with van der Waals surface area (Å²) in [6, 6.07) is 6.09. The molecule has 0 spiro atoms. The Bertz CT molecular complexity index is 942. The maximum atomic E-state index is 12.8. The molecule has 0 bridgehead atoms. The molecule has 1 aliphatic rings. The number of nitrogens with one attached hydrogen (secondary N) is 1. The fourth-order valence-electron chi connectivity index (χ4n) is 2.51. The van der Waals surface area contributed by atoms with Crippen LogP contribution in [0.4, 0.5) is 11.4 Å². The Balaban J connectivity index is 1.97. The fourth-order valence-corrected chi connectivity index (χ4v) is 6.15. The molecule has 1 saturated heterocycles. The predicted molar refractivity (Wildman–Crippen MR) is 104 cm³/mol. The lowest BCUT2D eigenvalue weighted by atomic mass is 10.2. The fraction of sp³-hybridized carbons (Fsp3) is 0.267. The van der Waals surface area contributed by atoms with Crippen molar-refractivity contribution in [2.45, 2.75) is 4.90 Å². The first-order chi connectivity index (χ1) is 12.3. The van der Waals surface area contributed by atoms with Crippen LogP contribution >= 0.6 is 38.9 Å². The summed E-state index contributed by atoms with van der Waals surface area (Å²) in [6.45, 7) is 2.35. The van der Waals surface area contributed by atoms with Gasteiger partial charge in [0.2, 0.25) is 0 Å². The zero-order valence-electron chi connectivity index (χ0n) is 13.2. The molecule has 0 atom stereocenters. The molecule has 0 amide bonds. The molecule has 140 valence electrons. The van der Waals surface area contributed by atoms with Crippen LogP contribution in [0.1, 0.15) is 9.67 Å². The standard InChI is InChI=1S/C15H14BrClN2O5S2/c16-14-13(8-12(25-14)15(20)21)26(22,23)18-10-7-9(17)1-2-11(10)19-3-5-24-6-4-19/h1-2,7-8,18H,3-6H2,(H,20,21). The second-order valence-electron chi connectivity index (χ2n) is 5.42. The third-order valence-electron chi connectivity index (χ3n) is 3.71. The number of carboxylic acid groups (broad SMARTS) is 1. The molecule has 0 unspecified atom stereocenters. The van der Waals surface area contributed by atoms with Gasteiger partial charge >= 0.3 is 5.97 Å². The van der Waals surface area contributed by atoms with Crippen molar-refractivity contribution in [1.82, 2.24) is 0 Å². The molecule has 0 aliphatic carbocycles. The SMILES string of the molecule is O=C(O)c1cc(S(=O)(=O)Nc2cc(Cl)ccc2N2CCOCC2)c(Br)s1. The van der Waals surface area contributed by atoms with E-state index in [-0.39, 0.29) is 13.6 Å². The summed E-state index contributed by atoms with van der Waals surface area (Å²) in [5.74, 6) is -1.19. The first-order valence-corrected chi connectivity index (χ1v) is 10.9. The molecule has 2 N–H and O–H groups in total. The number of hydrogen-bond acceptors (Lipinski definition) is 6. The Labute approximate surface area is 167 Å². The number of morpholine rings is 1. The maximum Gasteiger partial charge on any atom is 0.345 e. The topological polar surface area (TPSA) is 95.9 Å². The van der Waals surface area contributed by atoms with Crippen molar-refractivity contribution in [3.63, 3.8) is 0 Å². The van der Waals surface area contributed by atoms with Crippen LogP contribution in [0.15, 0.2) is 32.9 Å². The molecular weight excluding hydrogens is 468 g/mol. The van der Waals surface area contributed by atoms with Crippen molar-refractivity contribution >= 4 is 66.2 Å². The van der Waals surface area contributed by atoms with Gasteiger partial charge in [-0.15, -0.1) is 11.3 Å². The number of carboxylic acids is 1. The number of halogens is 2. The molecule has 7 nitrogen and oxygen atoms in total. The molecule has 1 aromatic heterocycles. The van der Waals surface area contributed by atoms with Gasteiger partial charge in [0.25, 0.3) is 10.0 Å². The maximum absolute atomic E-state index is 12.8. The van der Waals surface area contributed by atoms with Gasteiger partial charge in [-0.3, -0.25) is 4.72 Å². The Morgan fingerprint density at radius 1 is 1.31 bits per heavy atom. The molecule has 1 aromatic carbocycles. The van der Waals surface area contributed by atoms with Crippen LogP contribution in [0, 0.1) is 0 Å². The van der Waals surface area contributed by atoms with E-state index in [4.69, 9.17) is 21.4 Å². The van der Waals surface area contributed by atoms with Crippen LogP contribution in [0.3, 0.4) is 0 Å². The number of ether oxygens (including phenoxy) is 1. The molecule has 2 aromatic rings. The van der Waals surface area contributed by atoms with E-state index in [1.54, 1.807) is 12.1 Å². The van der Waals surface area contributed by atoms with Crippen LogP contribution in [-0.4, -0.2) is 45.8 Å². The first kappa shape index (κ1) is 19.4. The van der Waals surface area contributed by atoms with Gasteiger partial charge in [-0.2, -0.15) is 0 Å². The smallest absolute Gasteiger partial charge is 0.345 e. The second kappa shape index (κ2) is 7.73. The number of aromatic carboxylic acids is 1. The Kier molecular flexibility index (Phi) is 5.78. The summed E-state index contributed by atoms with van der Waals surface area (Å²) < 4.78 is 33.7. The number of sulfonamides is 1. The van der Waals surface area contributed by atoms with E-state index >= 15 is 0 Å². The van der Waals surface area contributed by atoms with Gasteiger partial charge in [-0.25, -0.2) is 13.2 Å². The van der Waals surface area contributed by atoms with Crippen LogP contribution in [-0.2, 0) is 14.8 Å². The molecule has 1 aliphatic heterocycles. The van der Waals surface area contributed by atoms with Crippen molar-refractivity contribution in [2.75, 3.05) is 35.9 Å². The normalized spacial score (nSPS) is 15.1. The van der Waals surface area contributed by atoms with Crippen molar-refractivity contribution < 1.29 is 23.1 Å². The van der Waals surface area contributed by atoms with E-state index in [0.717, 1.165) is 17.4 Å². The third-order valence-corrected chi connectivity index (χ3v) is 7.55. The van der Waals surface area contributed by atoms with Crippen molar-refractivity contribution in [3.05, 3.63) is 38.0 Å². The van der Waals surface area contributed by atoms with Gasteiger partial charge in [-0.05, 0) is 40.2 Å². The largest absolute Gasteiger partial charge is 0.477 e. The Morgan fingerprint density at radius 3 is 2.62 bits per heavy atom. The lowest BCUT2D eigenvalue weighted by Gasteiger charge is -2.30. The van der Waals surface area contributed by atoms with E-state index in [1.165, 1.54) is 6.07 Å². The summed E-state index contributed by atoms with van der Waals surface area (Å²) in [5, 5.41) is 9.45. The average molecular weight is 482 g/mol. The zero-order valence-corrected chi connectivity index (χ0v) is 17.2. The zero-order chi connectivity index (χ0) is 18.9. The number of carbonyl (C=O) groups is 1. The lowest BCUT2D eigenvalue weighted by Crippen LogP contribution is -2.36. The molecule has 3 rings (SSSR count). The number of nitrogens with zero attached hydrogens (tertiary/aromatic N) is 1. The minimum atomic E-state index is -4.00. The Hall–Kier alpha value is -1.33. The van der Waals surface area contributed by atoms with Crippen molar-refractivity contribution in [1.29, 1.82) is 0 Å². The van der Waals surface area contributed by atoms with E-state index in [0.29, 0.717) is 42.7 Å². The minimum absolute atomic E-state index is 0.0725. The highest BCUT2D eigenvalue weighted by Crippen LogP contribution is 2.36. The number of hydrogen-bond donors (Lipinski definition) is 2. The number of anilines is 2. The predicted octanol–water partition coefficient (Wildman–Crippen LogP) is 3.50. The molecule has 1 fully saturated rings. The number of thiophene rings is 1. The minimum Gasteiger partial charge on any atom is -0.477 e. The van der Waals surface area contributed by atoms with Gasteiger partial charge in [0, 0.05) is 18.1 Å². The van der Waals surface area contributed by atoms with Gasteiger partial charge in [-0.1, -0.05) is 11.6 Å². The molecule has 0 radical (unpaired) electrons. The monoisotopic (exact) mass is 480 g/mol. The molecule has 26 heavy (non-hydrogen) atoms. The average Bonchev–Trinajstić information content (AvgIpc) is 2.98. The van der Waals surface area contributed by atoms with Crippen LogP contribution in [0.5, 0.6) is 0 Å². The van der Waals surface area contributed by atoms with Crippen molar-refractivity contribution in [3.8, 4) is 0 Å². The van der Waals surface area contributed by atoms with Gasteiger partial charge < -0.3 is 14.7 Å². The van der Waals surface area contributed by atoms with Gasteiger partial charge in [0.1, 0.15) is 9.77 Å². The summed E-state index contributed by atoms with van der Waals surface area (Å²) in [7, 11) is -4.00. The summed E-state index contributed by atoms with van der Waals surface area (Å²) in [6.07, 6.45) is 0. The third kappa shape index (κ3) is 4.15. The molecular formula is C15H14BrClN2O5S2. The summed E-state index contributed by atoms with van der Waals surface area (Å²) in [5.41, 5.74) is 1.01. The highest BCUT2D eigenvalue weighted by Gasteiger charge is 2.25. The Morgan fingerprint density at radius 2 is 2.00 bits per heavy atom. The van der Waals surface area contributed by atoms with Gasteiger partial charge in [0.15, 0.2) is 0 Å². The summed E-state index contributed by atoms with van der Waals surface area (Å²) >= 11 is 10.0. The van der Waals surface area contributed by atoms with Crippen LogP contribution < -0.4 is 9.62 Å². The van der Waals surface area contributed by atoms with E-state index < -0.39 is 16.0 Å². The molecule has 11 heteroatoms. The molecule has 0 saturated carbocycles. The summed E-state index contributed by atoms with van der Waals surface area (Å²) in [4.78, 5) is 12.9. The van der Waals surface area contributed by atoms with Crippen LogP contribution in [0.2, 0.25) is 5.02 Å². The number of rotatable bonds is 5. The first-order valence-electron chi connectivity index (χ1n) is 7.45. The lowest BCUT2D eigenvalue weighted by molar-refractivity contribution is 0.0702. The van der Waals surface area contributed by atoms with Crippen LogP contribution in [0.25, 0.3) is 0 Å². The second-order valence-corrected chi connectivity index (χ2v) is 9.88. The highest BCUT2D eigenvalue weighted by molar-refractivity contribution is 9.11. The van der Waals surface area contributed by atoms with Gasteiger partial charge in [0.05, 0.1) is 28.4 Å².